The van der Waals surface area contributed by atoms with Crippen molar-refractivity contribution in [2.75, 3.05) is 45.9 Å². The Balaban J connectivity index is 1.32. The number of aliphatic hydroxyl groups is 1. The van der Waals surface area contributed by atoms with Crippen LogP contribution in [0, 0.1) is 5.92 Å². The number of fused-ring (bicyclic) bond motifs is 1. The molecule has 0 saturated carbocycles. The molecule has 1 amide bonds. The number of benzene rings is 2. The van der Waals surface area contributed by atoms with E-state index < -0.39 is 6.10 Å². The fraction of sp³-hybridized carbons (Fsp3) is 0.594. The molecule has 2 N–H and O–H groups in total. The maximum atomic E-state index is 13.6. The van der Waals surface area contributed by atoms with Crippen LogP contribution in [0.2, 0.25) is 5.02 Å². The molecule has 41 heavy (non-hydrogen) atoms. The monoisotopic (exact) mass is 588 g/mol. The van der Waals surface area contributed by atoms with Gasteiger partial charge in [0.1, 0.15) is 35.6 Å². The molecule has 226 valence electrons. The number of hydrogen-bond acceptors (Lipinski definition) is 7. The SMILES string of the molecule is CC(C)CN(CCOC(C)(C)C)C(=O)c1ccc(O)cc1OC[C@H](O)CN1CCC2(CC1)Cc1cc(Cl)ccc1O2. The molecule has 2 aliphatic rings. The Kier molecular flexibility index (Phi) is 10.1. The average molecular weight is 589 g/mol. The maximum absolute atomic E-state index is 13.6. The molecule has 1 atom stereocenters. The number of β-amino-alcohol motifs (C(OH)–C–C–N with tert-alkyl or cyclic N) is 1. The quantitative estimate of drug-likeness (QED) is 0.374. The number of likely N-dealkylation sites (tertiary alicyclic amines) is 1. The summed E-state index contributed by atoms with van der Waals surface area (Å²) in [5.41, 5.74) is 1.00. The predicted molar refractivity (Wildman–Crippen MR) is 160 cm³/mol. The molecule has 0 unspecified atom stereocenters. The van der Waals surface area contributed by atoms with Crippen molar-refractivity contribution in [1.82, 2.24) is 9.80 Å². The number of carbonyl (C=O) groups is 1. The molecule has 4 rings (SSSR count). The molecule has 1 saturated heterocycles. The van der Waals surface area contributed by atoms with Gasteiger partial charge in [-0.15, -0.1) is 0 Å². The maximum Gasteiger partial charge on any atom is 0.257 e. The summed E-state index contributed by atoms with van der Waals surface area (Å²) in [5.74, 6) is 1.25. The highest BCUT2D eigenvalue weighted by Gasteiger charge is 2.42. The number of hydrogen-bond donors (Lipinski definition) is 2. The number of aliphatic hydroxyl groups excluding tert-OH is 1. The van der Waals surface area contributed by atoms with Gasteiger partial charge >= 0.3 is 0 Å². The first-order chi connectivity index (χ1) is 19.3. The highest BCUT2D eigenvalue weighted by atomic mass is 35.5. The molecular weight excluding hydrogens is 544 g/mol. The van der Waals surface area contributed by atoms with Crippen LogP contribution in [-0.2, 0) is 11.2 Å². The Labute approximate surface area is 249 Å². The van der Waals surface area contributed by atoms with Crippen molar-refractivity contribution in [1.29, 1.82) is 0 Å². The van der Waals surface area contributed by atoms with Gasteiger partial charge in [-0.3, -0.25) is 4.79 Å². The topological polar surface area (TPSA) is 91.7 Å². The molecule has 1 spiro atoms. The summed E-state index contributed by atoms with van der Waals surface area (Å²) in [4.78, 5) is 17.5. The number of amides is 1. The molecule has 2 heterocycles. The van der Waals surface area contributed by atoms with E-state index in [4.69, 9.17) is 25.8 Å². The Hall–Kier alpha value is -2.52. The predicted octanol–water partition coefficient (Wildman–Crippen LogP) is 5.17. The smallest absolute Gasteiger partial charge is 0.257 e. The molecule has 2 aromatic rings. The van der Waals surface area contributed by atoms with E-state index in [1.165, 1.54) is 12.1 Å². The van der Waals surface area contributed by atoms with E-state index in [9.17, 15) is 15.0 Å². The molecule has 1 fully saturated rings. The number of phenols is 1. The van der Waals surface area contributed by atoms with Crippen LogP contribution in [0.1, 0.15) is 63.4 Å². The summed E-state index contributed by atoms with van der Waals surface area (Å²) in [7, 11) is 0. The number of piperidine rings is 1. The number of ether oxygens (including phenoxy) is 3. The number of aromatic hydroxyl groups is 1. The van der Waals surface area contributed by atoms with Crippen molar-refractivity contribution in [3.8, 4) is 17.2 Å². The van der Waals surface area contributed by atoms with Gasteiger partial charge in [-0.2, -0.15) is 0 Å². The molecule has 0 aliphatic carbocycles. The summed E-state index contributed by atoms with van der Waals surface area (Å²) in [5, 5.41) is 21.7. The zero-order chi connectivity index (χ0) is 29.8. The third-order valence-electron chi connectivity index (χ3n) is 7.49. The van der Waals surface area contributed by atoms with Crippen molar-refractivity contribution in [3.63, 3.8) is 0 Å². The zero-order valence-corrected chi connectivity index (χ0v) is 25.7. The first-order valence-corrected chi connectivity index (χ1v) is 15.0. The molecule has 2 aliphatic heterocycles. The highest BCUT2D eigenvalue weighted by Crippen LogP contribution is 2.42. The molecular formula is C32H45ClN2O6. The van der Waals surface area contributed by atoms with Gasteiger partial charge in [-0.05, 0) is 62.6 Å². The lowest BCUT2D eigenvalue weighted by Crippen LogP contribution is -2.49. The second-order valence-electron chi connectivity index (χ2n) is 12.8. The summed E-state index contributed by atoms with van der Waals surface area (Å²) in [6, 6.07) is 10.3. The second kappa shape index (κ2) is 13.2. The zero-order valence-electron chi connectivity index (χ0n) is 25.0. The van der Waals surface area contributed by atoms with Gasteiger partial charge in [0.05, 0.1) is 17.8 Å². The molecule has 0 radical (unpaired) electrons. The van der Waals surface area contributed by atoms with Gasteiger partial charge in [-0.1, -0.05) is 25.4 Å². The summed E-state index contributed by atoms with van der Waals surface area (Å²) >= 11 is 6.17. The minimum atomic E-state index is -0.762. The van der Waals surface area contributed by atoms with E-state index in [0.717, 1.165) is 48.7 Å². The number of phenolic OH excluding ortho intramolecular Hbond substituents is 1. The van der Waals surface area contributed by atoms with E-state index in [0.29, 0.717) is 31.8 Å². The van der Waals surface area contributed by atoms with E-state index in [2.05, 4.69) is 18.7 Å². The largest absolute Gasteiger partial charge is 0.508 e. The second-order valence-corrected chi connectivity index (χ2v) is 13.2. The van der Waals surface area contributed by atoms with Gasteiger partial charge in [0.15, 0.2) is 0 Å². The van der Waals surface area contributed by atoms with Crippen LogP contribution in [0.4, 0.5) is 0 Å². The highest BCUT2D eigenvalue weighted by molar-refractivity contribution is 6.30. The fourth-order valence-electron chi connectivity index (χ4n) is 5.52. The first kappa shape index (κ1) is 31.4. The molecule has 0 aromatic heterocycles. The molecule has 9 heteroatoms. The fourth-order valence-corrected chi connectivity index (χ4v) is 5.71. The van der Waals surface area contributed by atoms with Crippen molar-refractivity contribution < 1.29 is 29.2 Å². The minimum absolute atomic E-state index is 0.00214. The van der Waals surface area contributed by atoms with E-state index in [1.807, 2.05) is 39.0 Å². The Morgan fingerprint density at radius 1 is 1.17 bits per heavy atom. The van der Waals surface area contributed by atoms with Crippen molar-refractivity contribution in [2.45, 2.75) is 71.2 Å². The van der Waals surface area contributed by atoms with Crippen molar-refractivity contribution in [3.05, 3.63) is 52.5 Å². The summed E-state index contributed by atoms with van der Waals surface area (Å²) < 4.78 is 18.2. The number of rotatable bonds is 11. The molecule has 8 nitrogen and oxygen atoms in total. The van der Waals surface area contributed by atoms with Crippen molar-refractivity contribution >= 4 is 17.5 Å². The lowest BCUT2D eigenvalue weighted by atomic mass is 9.87. The van der Waals surface area contributed by atoms with Crippen LogP contribution >= 0.6 is 11.6 Å². The van der Waals surface area contributed by atoms with Gasteiger partial charge in [0.25, 0.3) is 5.91 Å². The molecule has 0 bridgehead atoms. The third kappa shape index (κ3) is 8.74. The summed E-state index contributed by atoms with van der Waals surface area (Å²) in [6.07, 6.45) is 1.82. The number of carbonyl (C=O) groups excluding carboxylic acids is 1. The summed E-state index contributed by atoms with van der Waals surface area (Å²) in [6.45, 7) is 13.5. The number of nitrogens with zero attached hydrogens (tertiary/aromatic N) is 2. The Morgan fingerprint density at radius 3 is 2.59 bits per heavy atom. The number of halogens is 1. The normalized spacial score (nSPS) is 17.4. The standard InChI is InChI=1S/C32H45ClN2O6/c1-22(2)19-35(14-15-40-31(3,4)5)30(38)27-8-7-25(36)17-29(27)39-21-26(37)20-34-12-10-32(11-13-34)18-23-16-24(33)6-9-28(23)41-32/h6-9,16-17,22,26,36-37H,10-15,18-21H2,1-5H3/t26-/m1/s1. The van der Waals surface area contributed by atoms with Crippen LogP contribution < -0.4 is 9.47 Å². The molecule has 2 aromatic carbocycles. The van der Waals surface area contributed by atoms with Crippen LogP contribution in [0.5, 0.6) is 17.2 Å². The van der Waals surface area contributed by atoms with Crippen LogP contribution in [0.15, 0.2) is 36.4 Å². The third-order valence-corrected chi connectivity index (χ3v) is 7.73. The van der Waals surface area contributed by atoms with E-state index in [1.54, 1.807) is 11.0 Å². The van der Waals surface area contributed by atoms with Crippen LogP contribution in [-0.4, -0.2) is 89.2 Å². The first-order valence-electron chi connectivity index (χ1n) is 14.6. The average Bonchev–Trinajstić information content (AvgIpc) is 3.24. The van der Waals surface area contributed by atoms with Crippen molar-refractivity contribution in [2.24, 2.45) is 5.92 Å². The Morgan fingerprint density at radius 2 is 1.90 bits per heavy atom. The minimum Gasteiger partial charge on any atom is -0.508 e. The lowest BCUT2D eigenvalue weighted by Gasteiger charge is -2.39. The van der Waals surface area contributed by atoms with Gasteiger partial charge in [0, 0.05) is 63.1 Å². The van der Waals surface area contributed by atoms with Crippen LogP contribution in [0.25, 0.3) is 0 Å². The van der Waals surface area contributed by atoms with Gasteiger partial charge in [0.2, 0.25) is 0 Å². The van der Waals surface area contributed by atoms with E-state index >= 15 is 0 Å². The van der Waals surface area contributed by atoms with Crippen LogP contribution in [0.3, 0.4) is 0 Å². The Bertz CT molecular complexity index is 1190. The van der Waals surface area contributed by atoms with E-state index in [-0.39, 0.29) is 41.1 Å². The van der Waals surface area contributed by atoms with Gasteiger partial charge in [-0.25, -0.2) is 0 Å². The lowest BCUT2D eigenvalue weighted by molar-refractivity contribution is -0.0127. The van der Waals surface area contributed by atoms with Gasteiger partial charge < -0.3 is 34.2 Å².